The molecular formula is C12H11N3O3S. The lowest BCUT2D eigenvalue weighted by Crippen LogP contribution is -1.96. The van der Waals surface area contributed by atoms with E-state index in [4.69, 9.17) is 5.11 Å². The fraction of sp³-hybridized carbons (Fsp3) is 0. The van der Waals surface area contributed by atoms with Gasteiger partial charge < -0.3 is 5.11 Å². The highest BCUT2D eigenvalue weighted by Crippen LogP contribution is 2.15. The van der Waals surface area contributed by atoms with Crippen molar-refractivity contribution in [3.05, 3.63) is 54.6 Å². The number of hydrogen-bond donors (Lipinski definition) is 2. The Kier molecular flexibility index (Phi) is 3.76. The molecule has 0 heterocycles. The fourth-order valence-corrected chi connectivity index (χ4v) is 2.05. The average Bonchev–Trinajstić information content (AvgIpc) is 2.42. The summed E-state index contributed by atoms with van der Waals surface area (Å²) in [7, 11) is -3.79. The van der Waals surface area contributed by atoms with Gasteiger partial charge in [0.2, 0.25) is 0 Å². The van der Waals surface area contributed by atoms with Crippen molar-refractivity contribution < 1.29 is 13.5 Å². The molecule has 0 saturated carbocycles. The molecular weight excluding hydrogens is 266 g/mol. The summed E-state index contributed by atoms with van der Waals surface area (Å²) in [5.41, 5.74) is 2.98. The van der Waals surface area contributed by atoms with E-state index in [1.165, 1.54) is 24.3 Å². The molecule has 0 aliphatic carbocycles. The number of hydrogen-bond acceptors (Lipinski definition) is 4. The van der Waals surface area contributed by atoms with Crippen LogP contribution in [0, 0.1) is 0 Å². The molecule has 0 aliphatic rings. The van der Waals surface area contributed by atoms with Crippen molar-refractivity contribution in [1.29, 1.82) is 0 Å². The molecule has 0 radical (unpaired) electrons. The summed E-state index contributed by atoms with van der Waals surface area (Å²) >= 11 is 0. The first kappa shape index (κ1) is 13.0. The third-order valence-corrected chi connectivity index (χ3v) is 3.40. The summed E-state index contributed by atoms with van der Waals surface area (Å²) in [6.07, 6.45) is 0. The molecule has 0 bridgehead atoms. The molecule has 6 nitrogen and oxygen atoms in total. The quantitative estimate of drug-likeness (QED) is 0.510. The van der Waals surface area contributed by atoms with E-state index in [-0.39, 0.29) is 10.6 Å². The first-order valence-corrected chi connectivity index (χ1v) is 6.79. The van der Waals surface area contributed by atoms with E-state index in [2.05, 4.69) is 15.2 Å². The topological polar surface area (TPSA) is 91.1 Å². The van der Waals surface area contributed by atoms with Crippen LogP contribution in [0.25, 0.3) is 0 Å². The van der Waals surface area contributed by atoms with Crippen molar-refractivity contribution in [3.8, 4) is 5.75 Å². The molecule has 0 aromatic heterocycles. The molecule has 19 heavy (non-hydrogen) atoms. The largest absolute Gasteiger partial charge is 0.508 e. The number of aromatic hydroxyl groups is 1. The van der Waals surface area contributed by atoms with Gasteiger partial charge in [-0.1, -0.05) is 23.4 Å². The monoisotopic (exact) mass is 277 g/mol. The molecule has 0 atom stereocenters. The molecule has 2 aromatic rings. The van der Waals surface area contributed by atoms with Crippen LogP contribution in [0.1, 0.15) is 0 Å². The van der Waals surface area contributed by atoms with E-state index < -0.39 is 10.0 Å². The molecule has 0 aliphatic heterocycles. The Morgan fingerprint density at radius 3 is 2.21 bits per heavy atom. The van der Waals surface area contributed by atoms with Crippen LogP contribution in [-0.2, 0) is 10.0 Å². The Labute approximate surface area is 110 Å². The van der Waals surface area contributed by atoms with Gasteiger partial charge in [0.25, 0.3) is 0 Å². The lowest BCUT2D eigenvalue weighted by Gasteiger charge is -1.99. The number of nitrogens with one attached hydrogen (secondary N) is 1. The van der Waals surface area contributed by atoms with Gasteiger partial charge in [0.15, 0.2) is 0 Å². The highest BCUT2D eigenvalue weighted by molar-refractivity contribution is 7.90. The van der Waals surface area contributed by atoms with Crippen LogP contribution in [0.4, 0.5) is 5.69 Å². The lowest BCUT2D eigenvalue weighted by atomic mass is 10.3. The number of anilines is 1. The number of benzene rings is 2. The average molecular weight is 277 g/mol. The zero-order valence-corrected chi connectivity index (χ0v) is 10.6. The second-order valence-corrected chi connectivity index (χ2v) is 5.21. The second-order valence-electron chi connectivity index (χ2n) is 3.63. The predicted octanol–water partition coefficient (Wildman–Crippen LogP) is 2.56. The van der Waals surface area contributed by atoms with Gasteiger partial charge in [-0.15, -0.1) is 0 Å². The third kappa shape index (κ3) is 3.52. The summed E-state index contributed by atoms with van der Waals surface area (Å²) in [5.74, 6) is 0.111. The molecule has 0 amide bonds. The minimum Gasteiger partial charge on any atom is -0.508 e. The van der Waals surface area contributed by atoms with Gasteiger partial charge in [-0.3, -0.25) is 5.43 Å². The van der Waals surface area contributed by atoms with Crippen molar-refractivity contribution in [2.75, 3.05) is 5.43 Å². The first-order valence-electron chi connectivity index (χ1n) is 5.35. The second kappa shape index (κ2) is 5.49. The van der Waals surface area contributed by atoms with Gasteiger partial charge in [0, 0.05) is 0 Å². The summed E-state index contributed by atoms with van der Waals surface area (Å²) < 4.78 is 26.7. The maximum atomic E-state index is 11.7. The van der Waals surface area contributed by atoms with Crippen LogP contribution in [0.3, 0.4) is 0 Å². The van der Waals surface area contributed by atoms with E-state index in [1.54, 1.807) is 30.3 Å². The Bertz CT molecular complexity index is 667. The van der Waals surface area contributed by atoms with Gasteiger partial charge in [-0.25, -0.2) is 0 Å². The Morgan fingerprint density at radius 1 is 0.947 bits per heavy atom. The zero-order valence-electron chi connectivity index (χ0n) is 9.76. The Morgan fingerprint density at radius 2 is 1.58 bits per heavy atom. The van der Waals surface area contributed by atoms with E-state index in [0.717, 1.165) is 0 Å². The molecule has 0 spiro atoms. The first-order chi connectivity index (χ1) is 9.08. The van der Waals surface area contributed by atoms with Crippen molar-refractivity contribution in [2.24, 2.45) is 9.74 Å². The molecule has 98 valence electrons. The van der Waals surface area contributed by atoms with Gasteiger partial charge in [-0.2, -0.15) is 8.42 Å². The standard InChI is InChI=1S/C12H11N3O3S/c16-11-8-6-10(7-9-11)13-14-15-19(17,18)12-4-2-1-3-5-12/h1-9,16H,(H,13,15). The molecule has 2 aromatic carbocycles. The van der Waals surface area contributed by atoms with E-state index in [9.17, 15) is 8.42 Å². The number of nitrogens with zero attached hydrogens (tertiary/aromatic N) is 2. The van der Waals surface area contributed by atoms with Crippen LogP contribution in [0.2, 0.25) is 0 Å². The van der Waals surface area contributed by atoms with Gasteiger partial charge in [-0.05, 0) is 40.9 Å². The summed E-state index contributed by atoms with van der Waals surface area (Å²) in [4.78, 5) is 0.0752. The summed E-state index contributed by atoms with van der Waals surface area (Å²) in [6.45, 7) is 0. The fourth-order valence-electron chi connectivity index (χ4n) is 1.31. The minimum absolute atomic E-state index is 0.0752. The zero-order chi connectivity index (χ0) is 13.7. The van der Waals surface area contributed by atoms with E-state index in [1.807, 2.05) is 0 Å². The number of phenolic OH excluding ortho intramolecular Hbond substituents is 1. The number of phenols is 1. The van der Waals surface area contributed by atoms with Crippen LogP contribution in [-0.4, -0.2) is 13.5 Å². The normalized spacial score (nSPS) is 11.6. The predicted molar refractivity (Wildman–Crippen MR) is 70.2 cm³/mol. The van der Waals surface area contributed by atoms with E-state index in [0.29, 0.717) is 5.69 Å². The van der Waals surface area contributed by atoms with Gasteiger partial charge in [0.05, 0.1) is 10.6 Å². The highest BCUT2D eigenvalue weighted by Gasteiger charge is 2.11. The van der Waals surface area contributed by atoms with Crippen LogP contribution >= 0.6 is 0 Å². The number of sulfonamides is 1. The Balaban J connectivity index is 2.09. The van der Waals surface area contributed by atoms with Gasteiger partial charge in [0.1, 0.15) is 5.75 Å². The SMILES string of the molecule is O=S(=O)(N=NNc1ccc(O)cc1)c1ccccc1. The minimum atomic E-state index is -3.79. The van der Waals surface area contributed by atoms with Crippen LogP contribution in [0.15, 0.2) is 69.2 Å². The summed E-state index contributed by atoms with van der Waals surface area (Å²) in [6, 6.07) is 13.8. The molecule has 0 fully saturated rings. The molecule has 7 heteroatoms. The molecule has 2 N–H and O–H groups in total. The maximum absolute atomic E-state index is 11.7. The van der Waals surface area contributed by atoms with Crippen LogP contribution < -0.4 is 5.43 Å². The van der Waals surface area contributed by atoms with Gasteiger partial charge >= 0.3 is 10.0 Å². The highest BCUT2D eigenvalue weighted by atomic mass is 32.2. The Hall–Kier alpha value is -2.41. The van der Waals surface area contributed by atoms with Crippen molar-refractivity contribution in [2.45, 2.75) is 4.90 Å². The van der Waals surface area contributed by atoms with Crippen LogP contribution in [0.5, 0.6) is 5.75 Å². The molecule has 0 saturated heterocycles. The van der Waals surface area contributed by atoms with Crippen molar-refractivity contribution in [3.63, 3.8) is 0 Å². The maximum Gasteiger partial charge on any atom is 0.301 e. The number of rotatable bonds is 4. The molecule has 0 unspecified atom stereocenters. The smallest absolute Gasteiger partial charge is 0.301 e. The molecule has 2 rings (SSSR count). The van der Waals surface area contributed by atoms with Crippen molar-refractivity contribution in [1.82, 2.24) is 0 Å². The van der Waals surface area contributed by atoms with Crippen molar-refractivity contribution >= 4 is 15.7 Å². The lowest BCUT2D eigenvalue weighted by molar-refractivity contribution is 0.475. The van der Waals surface area contributed by atoms with E-state index >= 15 is 0 Å². The third-order valence-electron chi connectivity index (χ3n) is 2.24. The summed E-state index contributed by atoms with van der Waals surface area (Å²) in [5, 5.41) is 12.5.